The molecule has 0 atom stereocenters. The van der Waals surface area contributed by atoms with Gasteiger partial charge in [-0.05, 0) is 36.0 Å². The normalized spacial score (nSPS) is 18.6. The maximum Gasteiger partial charge on any atom is 0.122 e. The molecule has 1 fully saturated rings. The summed E-state index contributed by atoms with van der Waals surface area (Å²) in [6, 6.07) is 6.50. The lowest BCUT2D eigenvalue weighted by molar-refractivity contribution is 0.401. The van der Waals surface area contributed by atoms with Gasteiger partial charge < -0.3 is 10.5 Å². The topological polar surface area (TPSA) is 35.2 Å². The predicted molar refractivity (Wildman–Crippen MR) is 71.4 cm³/mol. The second-order valence-corrected chi connectivity index (χ2v) is 5.47. The van der Waals surface area contributed by atoms with Crippen LogP contribution in [0.15, 0.2) is 18.2 Å². The summed E-state index contributed by atoms with van der Waals surface area (Å²) >= 11 is 0. The van der Waals surface area contributed by atoms with E-state index >= 15 is 0 Å². The van der Waals surface area contributed by atoms with Crippen LogP contribution in [0.5, 0.6) is 5.75 Å². The van der Waals surface area contributed by atoms with E-state index in [1.54, 1.807) is 7.11 Å². The van der Waals surface area contributed by atoms with E-state index in [4.69, 9.17) is 10.5 Å². The molecule has 0 bridgehead atoms. The number of benzene rings is 1. The van der Waals surface area contributed by atoms with Gasteiger partial charge in [0, 0.05) is 5.54 Å². The Morgan fingerprint density at radius 2 is 1.88 bits per heavy atom. The molecule has 0 aromatic heterocycles. The average molecular weight is 233 g/mol. The predicted octanol–water partition coefficient (Wildman–Crippen LogP) is 3.55. The third-order valence-corrected chi connectivity index (χ3v) is 3.93. The van der Waals surface area contributed by atoms with Crippen LogP contribution in [0.25, 0.3) is 0 Å². The van der Waals surface area contributed by atoms with Crippen molar-refractivity contribution in [3.63, 3.8) is 0 Å². The highest BCUT2D eigenvalue weighted by Gasteiger charge is 2.31. The summed E-state index contributed by atoms with van der Waals surface area (Å²) in [5.41, 5.74) is 8.85. The fraction of sp³-hybridized carbons (Fsp3) is 0.600. The Bertz CT molecular complexity index is 392. The first-order valence-corrected chi connectivity index (χ1v) is 6.54. The van der Waals surface area contributed by atoms with Crippen molar-refractivity contribution in [2.24, 2.45) is 5.73 Å². The van der Waals surface area contributed by atoms with Crippen molar-refractivity contribution >= 4 is 0 Å². The summed E-state index contributed by atoms with van der Waals surface area (Å²) in [6.45, 7) is 4.37. The molecule has 0 aliphatic heterocycles. The van der Waals surface area contributed by atoms with E-state index in [0.717, 1.165) is 18.6 Å². The van der Waals surface area contributed by atoms with Crippen LogP contribution in [-0.4, -0.2) is 7.11 Å². The van der Waals surface area contributed by atoms with Gasteiger partial charge in [0.25, 0.3) is 0 Å². The van der Waals surface area contributed by atoms with Gasteiger partial charge >= 0.3 is 0 Å². The fourth-order valence-electron chi connectivity index (χ4n) is 2.79. The summed E-state index contributed by atoms with van der Waals surface area (Å²) in [4.78, 5) is 0. The van der Waals surface area contributed by atoms with Gasteiger partial charge in [0.05, 0.1) is 7.11 Å². The molecule has 2 rings (SSSR count). The Hall–Kier alpha value is -1.02. The van der Waals surface area contributed by atoms with E-state index in [9.17, 15) is 0 Å². The first-order valence-electron chi connectivity index (χ1n) is 6.54. The Morgan fingerprint density at radius 1 is 1.24 bits per heavy atom. The van der Waals surface area contributed by atoms with Gasteiger partial charge in [-0.25, -0.2) is 0 Å². The van der Waals surface area contributed by atoms with Crippen LogP contribution in [0.2, 0.25) is 0 Å². The zero-order valence-electron chi connectivity index (χ0n) is 11.1. The van der Waals surface area contributed by atoms with Crippen LogP contribution < -0.4 is 10.5 Å². The van der Waals surface area contributed by atoms with Crippen molar-refractivity contribution in [2.75, 3.05) is 7.11 Å². The smallest absolute Gasteiger partial charge is 0.122 e. The lowest BCUT2D eigenvalue weighted by Crippen LogP contribution is -2.33. The molecule has 0 unspecified atom stereocenters. The molecule has 94 valence electrons. The van der Waals surface area contributed by atoms with E-state index in [0.29, 0.717) is 5.92 Å². The molecule has 0 saturated heterocycles. The van der Waals surface area contributed by atoms with Crippen molar-refractivity contribution in [3.8, 4) is 5.75 Å². The van der Waals surface area contributed by atoms with Crippen LogP contribution in [0, 0.1) is 0 Å². The molecule has 2 heteroatoms. The standard InChI is InChI=1S/C15H23NO/c1-11(2)13-7-6-12(10-14(13)17-3)15(16)8-4-5-9-15/h6-7,10-11H,4-5,8-9,16H2,1-3H3. The maximum atomic E-state index is 6.47. The number of hydrogen-bond acceptors (Lipinski definition) is 2. The second kappa shape index (κ2) is 4.69. The minimum absolute atomic E-state index is 0.122. The summed E-state index contributed by atoms with van der Waals surface area (Å²) in [5.74, 6) is 1.46. The first-order chi connectivity index (χ1) is 8.07. The van der Waals surface area contributed by atoms with Crippen molar-refractivity contribution in [3.05, 3.63) is 29.3 Å². The minimum atomic E-state index is -0.122. The Labute approximate surface area is 104 Å². The quantitative estimate of drug-likeness (QED) is 0.866. The van der Waals surface area contributed by atoms with Gasteiger partial charge in [-0.1, -0.05) is 38.8 Å². The largest absolute Gasteiger partial charge is 0.496 e. The Kier molecular flexibility index (Phi) is 3.43. The molecular formula is C15H23NO. The number of rotatable bonds is 3. The molecule has 0 amide bonds. The Balaban J connectivity index is 2.37. The van der Waals surface area contributed by atoms with Crippen molar-refractivity contribution < 1.29 is 4.74 Å². The molecule has 2 N–H and O–H groups in total. The zero-order valence-corrected chi connectivity index (χ0v) is 11.1. The lowest BCUT2D eigenvalue weighted by Gasteiger charge is -2.25. The molecule has 0 radical (unpaired) electrons. The SMILES string of the molecule is COc1cc(C2(N)CCCC2)ccc1C(C)C. The van der Waals surface area contributed by atoms with Crippen LogP contribution in [-0.2, 0) is 5.54 Å². The van der Waals surface area contributed by atoms with Crippen LogP contribution in [0.3, 0.4) is 0 Å². The number of methoxy groups -OCH3 is 1. The average Bonchev–Trinajstić information content (AvgIpc) is 2.76. The Morgan fingerprint density at radius 3 is 2.41 bits per heavy atom. The molecule has 2 nitrogen and oxygen atoms in total. The van der Waals surface area contributed by atoms with Crippen molar-refractivity contribution in [1.29, 1.82) is 0 Å². The molecule has 1 aliphatic rings. The van der Waals surface area contributed by atoms with Crippen LogP contribution >= 0.6 is 0 Å². The van der Waals surface area contributed by atoms with Gasteiger partial charge in [-0.15, -0.1) is 0 Å². The van der Waals surface area contributed by atoms with Gasteiger partial charge in [0.1, 0.15) is 5.75 Å². The van der Waals surface area contributed by atoms with Gasteiger partial charge in [-0.3, -0.25) is 0 Å². The van der Waals surface area contributed by atoms with Gasteiger partial charge in [-0.2, -0.15) is 0 Å². The lowest BCUT2D eigenvalue weighted by atomic mass is 9.87. The summed E-state index contributed by atoms with van der Waals surface area (Å²) in [6.07, 6.45) is 4.67. The first kappa shape index (κ1) is 12.4. The molecule has 1 aromatic rings. The van der Waals surface area contributed by atoms with E-state index in [1.807, 2.05) is 0 Å². The maximum absolute atomic E-state index is 6.47. The zero-order chi connectivity index (χ0) is 12.5. The van der Waals surface area contributed by atoms with Crippen LogP contribution in [0.1, 0.15) is 56.6 Å². The molecule has 0 spiro atoms. The molecule has 17 heavy (non-hydrogen) atoms. The van der Waals surface area contributed by atoms with E-state index in [-0.39, 0.29) is 5.54 Å². The summed E-state index contributed by atoms with van der Waals surface area (Å²) in [7, 11) is 1.74. The molecule has 1 aliphatic carbocycles. The summed E-state index contributed by atoms with van der Waals surface area (Å²) in [5, 5.41) is 0. The number of ether oxygens (including phenoxy) is 1. The van der Waals surface area contributed by atoms with Crippen LogP contribution in [0.4, 0.5) is 0 Å². The molecule has 1 aromatic carbocycles. The minimum Gasteiger partial charge on any atom is -0.496 e. The molecular weight excluding hydrogens is 210 g/mol. The number of nitrogens with two attached hydrogens (primary N) is 1. The van der Waals surface area contributed by atoms with E-state index in [1.165, 1.54) is 24.0 Å². The van der Waals surface area contributed by atoms with Crippen molar-refractivity contribution in [2.45, 2.75) is 51.0 Å². The van der Waals surface area contributed by atoms with Gasteiger partial charge in [0.15, 0.2) is 0 Å². The highest BCUT2D eigenvalue weighted by Crippen LogP contribution is 2.39. The van der Waals surface area contributed by atoms with Crippen molar-refractivity contribution in [1.82, 2.24) is 0 Å². The van der Waals surface area contributed by atoms with E-state index in [2.05, 4.69) is 32.0 Å². The molecule has 0 heterocycles. The molecule has 1 saturated carbocycles. The third kappa shape index (κ3) is 2.32. The second-order valence-electron chi connectivity index (χ2n) is 5.47. The van der Waals surface area contributed by atoms with E-state index < -0.39 is 0 Å². The van der Waals surface area contributed by atoms with Gasteiger partial charge in [0.2, 0.25) is 0 Å². The highest BCUT2D eigenvalue weighted by molar-refractivity contribution is 5.42. The monoisotopic (exact) mass is 233 g/mol. The number of hydrogen-bond donors (Lipinski definition) is 1. The highest BCUT2D eigenvalue weighted by atomic mass is 16.5. The third-order valence-electron chi connectivity index (χ3n) is 3.93. The fourth-order valence-corrected chi connectivity index (χ4v) is 2.79. The summed E-state index contributed by atoms with van der Waals surface area (Å²) < 4.78 is 5.50.